The highest BCUT2D eigenvalue weighted by atomic mass is 28.4. The van der Waals surface area contributed by atoms with E-state index in [1.807, 2.05) is 66.7 Å². The van der Waals surface area contributed by atoms with Crippen molar-refractivity contribution >= 4 is 26.0 Å². The van der Waals surface area contributed by atoms with Crippen LogP contribution < -0.4 is 19.7 Å². The van der Waals surface area contributed by atoms with E-state index < -0.39 is 26.6 Å². The number of benzene rings is 3. The van der Waals surface area contributed by atoms with Gasteiger partial charge in [0.25, 0.3) is 0 Å². The average Bonchev–Trinajstić information content (AvgIpc) is 3.15. The zero-order valence-corrected chi connectivity index (χ0v) is 34.0. The van der Waals surface area contributed by atoms with Gasteiger partial charge in [0.1, 0.15) is 24.7 Å². The van der Waals surface area contributed by atoms with Crippen molar-refractivity contribution in [2.45, 2.75) is 76.4 Å². The zero-order chi connectivity index (χ0) is 38.9. The van der Waals surface area contributed by atoms with Gasteiger partial charge in [-0.05, 0) is 71.9 Å². The van der Waals surface area contributed by atoms with Crippen LogP contribution in [0.1, 0.15) is 49.8 Å². The molecule has 3 aromatic rings. The van der Waals surface area contributed by atoms with Crippen LogP contribution in [0.25, 0.3) is 0 Å². The van der Waals surface area contributed by atoms with E-state index in [1.165, 1.54) is 4.90 Å². The Labute approximate surface area is 322 Å². The van der Waals surface area contributed by atoms with Crippen molar-refractivity contribution in [1.29, 1.82) is 0 Å². The topological polar surface area (TPSA) is 119 Å². The second-order valence-electron chi connectivity index (χ2n) is 15.8. The lowest BCUT2D eigenvalue weighted by Gasteiger charge is -2.48. The number of amides is 2. The van der Waals surface area contributed by atoms with E-state index in [4.69, 9.17) is 23.4 Å². The van der Waals surface area contributed by atoms with Gasteiger partial charge in [0.05, 0.1) is 38.6 Å². The first-order chi connectivity index (χ1) is 25.8. The number of nitrogens with zero attached hydrogens (tertiary/aromatic N) is 2. The van der Waals surface area contributed by atoms with Gasteiger partial charge in [0, 0.05) is 44.7 Å². The third-order valence-electron chi connectivity index (χ3n) is 11.3. The number of carbonyl (C=O) groups excluding carboxylic acids is 1. The molecule has 0 aromatic heterocycles. The number of hydrogen-bond acceptors (Lipinski definition) is 8. The number of methoxy groups -OCH3 is 2. The molecule has 54 heavy (non-hydrogen) atoms. The summed E-state index contributed by atoms with van der Waals surface area (Å²) < 4.78 is 29.9. The number of carbonyl (C=O) groups is 2. The number of likely N-dealkylation sites (tertiary alicyclic amines) is 1. The van der Waals surface area contributed by atoms with Crippen LogP contribution >= 0.6 is 0 Å². The molecule has 0 spiro atoms. The molecule has 1 unspecified atom stereocenters. The summed E-state index contributed by atoms with van der Waals surface area (Å²) in [4.78, 5) is 30.4. The number of rotatable bonds is 16. The summed E-state index contributed by atoms with van der Waals surface area (Å²) in [5, 5.41) is 13.8. The van der Waals surface area contributed by atoms with Crippen LogP contribution in [0.5, 0.6) is 11.5 Å². The highest BCUT2D eigenvalue weighted by molar-refractivity contribution is 6.74. The van der Waals surface area contributed by atoms with E-state index in [-0.39, 0.29) is 49.1 Å². The number of piperidine rings is 1. The SMILES string of the molecule is COCCCN1CCOc2ccc(CO[C@H]3CN(C(=O)O)C(Cc4ccccc4)[C@@H](CNC(=O)CO[Si](C)(C)C(C)(C)C)[C@@H]3c3ccc(OC)cc3)cc21. The summed E-state index contributed by atoms with van der Waals surface area (Å²) in [7, 11) is 1.17. The standard InChI is InChI=1S/C42H59N3O8Si/c1-42(2,3)54(6,7)53-29-39(46)43-26-34-35(24-30-12-9-8-10-13-30)45(41(47)48)27-38(40(34)32-15-17-33(50-5)18-16-32)52-28-31-14-19-37-36(25-31)44(21-23-51-37)20-11-22-49-4/h8-10,12-19,25,34-35,38,40H,11,20-24,26-29H2,1-7H3,(H,43,46)(H,47,48)/t34-,35?,38+,40+/m1/s1. The number of hydrogen-bond donors (Lipinski definition) is 2. The Bertz CT molecular complexity index is 1670. The lowest BCUT2D eigenvalue weighted by Crippen LogP contribution is -2.60. The molecular formula is C42H59N3O8Si. The van der Waals surface area contributed by atoms with E-state index in [2.05, 4.69) is 50.1 Å². The summed E-state index contributed by atoms with van der Waals surface area (Å²) >= 11 is 0. The van der Waals surface area contributed by atoms with Gasteiger partial charge < -0.3 is 43.6 Å². The first kappa shape index (κ1) is 41.1. The number of ether oxygens (including phenoxy) is 4. The summed E-state index contributed by atoms with van der Waals surface area (Å²) in [5.74, 6) is 0.749. The Kier molecular flexibility index (Phi) is 14.1. The molecule has 4 atom stereocenters. The van der Waals surface area contributed by atoms with Gasteiger partial charge in [-0.3, -0.25) is 4.79 Å². The Balaban J connectivity index is 1.47. The molecule has 294 valence electrons. The third kappa shape index (κ3) is 10.3. The van der Waals surface area contributed by atoms with E-state index in [1.54, 1.807) is 14.2 Å². The summed E-state index contributed by atoms with van der Waals surface area (Å²) in [6, 6.07) is 23.5. The largest absolute Gasteiger partial charge is 0.497 e. The number of carboxylic acid groups (broad SMARTS) is 1. The predicted molar refractivity (Wildman–Crippen MR) is 213 cm³/mol. The molecule has 2 aliphatic rings. The normalized spacial score (nSPS) is 20.2. The maximum Gasteiger partial charge on any atom is 0.407 e. The molecule has 2 aliphatic heterocycles. The molecule has 12 heteroatoms. The minimum Gasteiger partial charge on any atom is -0.497 e. The second kappa shape index (κ2) is 18.5. The van der Waals surface area contributed by atoms with Crippen LogP contribution in [-0.2, 0) is 31.7 Å². The number of anilines is 1. The molecular weight excluding hydrogens is 703 g/mol. The Morgan fingerprint density at radius 1 is 1.00 bits per heavy atom. The fourth-order valence-electron chi connectivity index (χ4n) is 7.22. The van der Waals surface area contributed by atoms with Crippen molar-refractivity contribution in [2.24, 2.45) is 5.92 Å². The van der Waals surface area contributed by atoms with Crippen molar-refractivity contribution in [3.63, 3.8) is 0 Å². The molecule has 1 saturated heterocycles. The average molecular weight is 762 g/mol. The molecule has 0 bridgehead atoms. The van der Waals surface area contributed by atoms with Crippen molar-refractivity contribution in [3.8, 4) is 11.5 Å². The van der Waals surface area contributed by atoms with Crippen LogP contribution in [0.2, 0.25) is 18.1 Å². The fraction of sp³-hybridized carbons (Fsp3) is 0.524. The van der Waals surface area contributed by atoms with E-state index in [0.717, 1.165) is 53.4 Å². The molecule has 2 heterocycles. The maximum atomic E-state index is 13.5. The van der Waals surface area contributed by atoms with Gasteiger partial charge in [0.2, 0.25) is 5.91 Å². The molecule has 5 rings (SSSR count). The van der Waals surface area contributed by atoms with E-state index >= 15 is 0 Å². The lowest BCUT2D eigenvalue weighted by molar-refractivity contribution is -0.124. The van der Waals surface area contributed by atoms with Gasteiger partial charge >= 0.3 is 6.09 Å². The number of fused-ring (bicyclic) bond motifs is 1. The first-order valence-electron chi connectivity index (χ1n) is 19.0. The van der Waals surface area contributed by atoms with Crippen LogP contribution in [-0.4, -0.2) is 103 Å². The monoisotopic (exact) mass is 761 g/mol. The smallest absolute Gasteiger partial charge is 0.407 e. The highest BCUT2D eigenvalue weighted by Crippen LogP contribution is 2.42. The van der Waals surface area contributed by atoms with Crippen molar-refractivity contribution < 1.29 is 38.1 Å². The molecule has 0 radical (unpaired) electrons. The Morgan fingerprint density at radius 2 is 1.74 bits per heavy atom. The Hall–Kier alpha value is -4.10. The predicted octanol–water partition coefficient (Wildman–Crippen LogP) is 6.96. The van der Waals surface area contributed by atoms with E-state index in [0.29, 0.717) is 19.6 Å². The quantitative estimate of drug-likeness (QED) is 0.118. The van der Waals surface area contributed by atoms with Gasteiger partial charge in [-0.15, -0.1) is 0 Å². The summed E-state index contributed by atoms with van der Waals surface area (Å²) in [6.45, 7) is 14.2. The first-order valence-corrected chi connectivity index (χ1v) is 21.9. The van der Waals surface area contributed by atoms with Crippen molar-refractivity contribution in [3.05, 3.63) is 89.5 Å². The molecule has 0 saturated carbocycles. The fourth-order valence-corrected chi connectivity index (χ4v) is 8.15. The summed E-state index contributed by atoms with van der Waals surface area (Å²) in [6.07, 6.45) is -0.153. The second-order valence-corrected chi connectivity index (χ2v) is 20.7. The molecule has 2 amide bonds. The third-order valence-corrected chi connectivity index (χ3v) is 15.8. The lowest BCUT2D eigenvalue weighted by atomic mass is 9.72. The molecule has 0 aliphatic carbocycles. The minimum atomic E-state index is -2.17. The van der Waals surface area contributed by atoms with Crippen LogP contribution in [0, 0.1) is 5.92 Å². The molecule has 3 aromatic carbocycles. The summed E-state index contributed by atoms with van der Waals surface area (Å²) in [5.41, 5.74) is 3.99. The van der Waals surface area contributed by atoms with Gasteiger partial charge in [-0.25, -0.2) is 4.79 Å². The maximum absolute atomic E-state index is 13.5. The van der Waals surface area contributed by atoms with Crippen molar-refractivity contribution in [1.82, 2.24) is 10.2 Å². The van der Waals surface area contributed by atoms with Crippen LogP contribution in [0.15, 0.2) is 72.8 Å². The van der Waals surface area contributed by atoms with Gasteiger partial charge in [-0.2, -0.15) is 0 Å². The minimum absolute atomic E-state index is 0.0448. The Morgan fingerprint density at radius 3 is 2.41 bits per heavy atom. The van der Waals surface area contributed by atoms with Crippen molar-refractivity contribution in [2.75, 3.05) is 65.1 Å². The zero-order valence-electron chi connectivity index (χ0n) is 33.0. The van der Waals surface area contributed by atoms with Crippen LogP contribution in [0.3, 0.4) is 0 Å². The molecule has 11 nitrogen and oxygen atoms in total. The molecule has 1 fully saturated rings. The van der Waals surface area contributed by atoms with E-state index in [9.17, 15) is 14.7 Å². The van der Waals surface area contributed by atoms with Gasteiger partial charge in [-0.1, -0.05) is 69.3 Å². The molecule has 2 N–H and O–H groups in total. The van der Waals surface area contributed by atoms with Crippen LogP contribution in [0.4, 0.5) is 10.5 Å². The van der Waals surface area contributed by atoms with Gasteiger partial charge in [0.15, 0.2) is 8.32 Å². The number of nitrogens with one attached hydrogen (secondary N) is 1. The highest BCUT2D eigenvalue weighted by Gasteiger charge is 2.47.